The maximum absolute atomic E-state index is 12.7. The number of nitrogens with zero attached hydrogens (tertiary/aromatic N) is 4. The molecule has 0 radical (unpaired) electrons. The summed E-state index contributed by atoms with van der Waals surface area (Å²) in [7, 11) is 0. The maximum Gasteiger partial charge on any atom is 0.262 e. The molecule has 7 nitrogen and oxygen atoms in total. The van der Waals surface area contributed by atoms with Gasteiger partial charge in [-0.05, 0) is 38.5 Å². The molecule has 1 aromatic carbocycles. The van der Waals surface area contributed by atoms with Gasteiger partial charge in [0.25, 0.3) is 5.56 Å². The minimum atomic E-state index is -0.294. The molecule has 4 rings (SSSR count). The van der Waals surface area contributed by atoms with Gasteiger partial charge >= 0.3 is 0 Å². The van der Waals surface area contributed by atoms with Crippen LogP contribution in [0, 0.1) is 13.8 Å². The maximum atomic E-state index is 12.7. The van der Waals surface area contributed by atoms with E-state index in [2.05, 4.69) is 15.4 Å². The van der Waals surface area contributed by atoms with Gasteiger partial charge in [0.1, 0.15) is 11.4 Å². The first-order chi connectivity index (χ1) is 14.0. The zero-order chi connectivity index (χ0) is 20.5. The standard InChI is InChI=1S/C21H21N5O2S/c1-4-16-10-17-20(29-16)22-12-25(21(17)28)11-18(27)23-19-13(2)24-26(14(19)3)15-8-6-5-7-9-15/h5-10,12H,4,11H2,1-3H3,(H,23,27). The number of amides is 1. The van der Waals surface area contributed by atoms with Crippen molar-refractivity contribution >= 4 is 33.1 Å². The Hall–Kier alpha value is -3.26. The van der Waals surface area contributed by atoms with Crippen LogP contribution in [0.2, 0.25) is 0 Å². The molecule has 148 valence electrons. The third-order valence-corrected chi connectivity index (χ3v) is 5.98. The Morgan fingerprint density at radius 3 is 2.69 bits per heavy atom. The predicted molar refractivity (Wildman–Crippen MR) is 115 cm³/mol. The first-order valence-electron chi connectivity index (χ1n) is 9.37. The quantitative estimate of drug-likeness (QED) is 0.549. The number of benzene rings is 1. The molecular weight excluding hydrogens is 386 g/mol. The van der Waals surface area contributed by atoms with Gasteiger partial charge in [-0.25, -0.2) is 9.67 Å². The van der Waals surface area contributed by atoms with E-state index >= 15 is 0 Å². The van der Waals surface area contributed by atoms with Crippen molar-refractivity contribution in [1.29, 1.82) is 0 Å². The Morgan fingerprint density at radius 1 is 1.21 bits per heavy atom. The number of carbonyl (C=O) groups is 1. The average Bonchev–Trinajstić information content (AvgIpc) is 3.27. The van der Waals surface area contributed by atoms with Gasteiger partial charge in [0.15, 0.2) is 0 Å². The molecular formula is C21H21N5O2S. The highest BCUT2D eigenvalue weighted by molar-refractivity contribution is 7.18. The van der Waals surface area contributed by atoms with E-state index in [1.54, 1.807) is 4.68 Å². The fraction of sp³-hybridized carbons (Fsp3) is 0.238. The lowest BCUT2D eigenvalue weighted by Crippen LogP contribution is -2.27. The molecule has 1 amide bonds. The Balaban J connectivity index is 1.58. The summed E-state index contributed by atoms with van der Waals surface area (Å²) in [6.45, 7) is 5.69. The van der Waals surface area contributed by atoms with Crippen molar-refractivity contribution in [3.63, 3.8) is 0 Å². The smallest absolute Gasteiger partial charge is 0.262 e. The van der Waals surface area contributed by atoms with Crippen molar-refractivity contribution in [2.24, 2.45) is 0 Å². The van der Waals surface area contributed by atoms with Crippen molar-refractivity contribution < 1.29 is 4.79 Å². The number of fused-ring (bicyclic) bond motifs is 1. The van der Waals surface area contributed by atoms with Gasteiger partial charge in [0.05, 0.1) is 34.5 Å². The number of aryl methyl sites for hydroxylation is 2. The van der Waals surface area contributed by atoms with Gasteiger partial charge in [0, 0.05) is 4.88 Å². The number of carbonyl (C=O) groups excluding carboxylic acids is 1. The molecule has 0 saturated heterocycles. The molecule has 3 aromatic heterocycles. The molecule has 0 saturated carbocycles. The third kappa shape index (κ3) is 3.58. The van der Waals surface area contributed by atoms with Crippen LogP contribution in [0.4, 0.5) is 5.69 Å². The Labute approximate surface area is 171 Å². The van der Waals surface area contributed by atoms with E-state index in [1.165, 1.54) is 22.2 Å². The van der Waals surface area contributed by atoms with Crippen LogP contribution in [-0.4, -0.2) is 25.2 Å². The van der Waals surface area contributed by atoms with E-state index in [0.717, 1.165) is 22.7 Å². The minimum Gasteiger partial charge on any atom is -0.321 e. The van der Waals surface area contributed by atoms with Crippen molar-refractivity contribution in [3.8, 4) is 5.69 Å². The van der Waals surface area contributed by atoms with E-state index < -0.39 is 0 Å². The van der Waals surface area contributed by atoms with E-state index in [1.807, 2.05) is 57.2 Å². The van der Waals surface area contributed by atoms with Crippen LogP contribution in [0.15, 0.2) is 47.5 Å². The SMILES string of the molecule is CCc1cc2c(=O)n(CC(=O)Nc3c(C)nn(-c4ccccc4)c3C)cnc2s1. The average molecular weight is 407 g/mol. The summed E-state index contributed by atoms with van der Waals surface area (Å²) in [5.74, 6) is -0.294. The van der Waals surface area contributed by atoms with Gasteiger partial charge < -0.3 is 5.32 Å². The first-order valence-corrected chi connectivity index (χ1v) is 10.2. The Kier molecular flexibility index (Phi) is 5.02. The number of thiophene rings is 1. The van der Waals surface area contributed by atoms with Gasteiger partial charge in [-0.2, -0.15) is 5.10 Å². The zero-order valence-corrected chi connectivity index (χ0v) is 17.3. The highest BCUT2D eigenvalue weighted by Gasteiger charge is 2.16. The molecule has 0 aliphatic rings. The fourth-order valence-electron chi connectivity index (χ4n) is 3.27. The van der Waals surface area contributed by atoms with E-state index in [0.29, 0.717) is 21.6 Å². The van der Waals surface area contributed by atoms with Crippen LogP contribution in [0.25, 0.3) is 15.9 Å². The number of anilines is 1. The number of rotatable bonds is 5. The van der Waals surface area contributed by atoms with Crippen molar-refractivity contribution in [2.75, 3.05) is 5.32 Å². The molecule has 29 heavy (non-hydrogen) atoms. The second-order valence-electron chi connectivity index (χ2n) is 6.80. The van der Waals surface area contributed by atoms with Crippen LogP contribution in [-0.2, 0) is 17.8 Å². The summed E-state index contributed by atoms with van der Waals surface area (Å²) in [6, 6.07) is 11.6. The Bertz CT molecular complexity index is 1250. The molecule has 0 fully saturated rings. The summed E-state index contributed by atoms with van der Waals surface area (Å²) in [4.78, 5) is 31.5. The van der Waals surface area contributed by atoms with Gasteiger partial charge in [0.2, 0.25) is 5.91 Å². The highest BCUT2D eigenvalue weighted by Crippen LogP contribution is 2.23. The third-order valence-electron chi connectivity index (χ3n) is 4.79. The lowest BCUT2D eigenvalue weighted by molar-refractivity contribution is -0.116. The molecule has 4 aromatic rings. The molecule has 1 N–H and O–H groups in total. The van der Waals surface area contributed by atoms with E-state index in [-0.39, 0.29) is 18.0 Å². The second-order valence-corrected chi connectivity index (χ2v) is 7.92. The van der Waals surface area contributed by atoms with Gasteiger partial charge in [-0.1, -0.05) is 25.1 Å². The first kappa shape index (κ1) is 19.1. The van der Waals surface area contributed by atoms with Crippen LogP contribution in [0.1, 0.15) is 23.2 Å². The van der Waals surface area contributed by atoms with Crippen LogP contribution in [0.3, 0.4) is 0 Å². The number of hydrogen-bond donors (Lipinski definition) is 1. The largest absolute Gasteiger partial charge is 0.321 e. The van der Waals surface area contributed by atoms with Crippen LogP contribution in [0.5, 0.6) is 0 Å². The number of para-hydroxylation sites is 1. The monoisotopic (exact) mass is 407 g/mol. The fourth-order valence-corrected chi connectivity index (χ4v) is 4.20. The normalized spacial score (nSPS) is 11.1. The molecule has 0 aliphatic heterocycles. The minimum absolute atomic E-state index is 0.103. The molecule has 8 heteroatoms. The molecule has 0 atom stereocenters. The van der Waals surface area contributed by atoms with E-state index in [4.69, 9.17) is 0 Å². The second kappa shape index (κ2) is 7.63. The summed E-state index contributed by atoms with van der Waals surface area (Å²) in [6.07, 6.45) is 2.29. The summed E-state index contributed by atoms with van der Waals surface area (Å²) in [5, 5.41) is 8.00. The zero-order valence-electron chi connectivity index (χ0n) is 16.5. The lowest BCUT2D eigenvalue weighted by Gasteiger charge is -2.08. The van der Waals surface area contributed by atoms with Crippen molar-refractivity contribution in [1.82, 2.24) is 19.3 Å². The van der Waals surface area contributed by atoms with Crippen LogP contribution < -0.4 is 10.9 Å². The number of nitrogens with one attached hydrogen (secondary N) is 1. The molecule has 0 aliphatic carbocycles. The molecule has 0 unspecified atom stereocenters. The number of aromatic nitrogens is 4. The van der Waals surface area contributed by atoms with Crippen molar-refractivity contribution in [2.45, 2.75) is 33.7 Å². The van der Waals surface area contributed by atoms with Gasteiger partial charge in [-0.15, -0.1) is 11.3 Å². The lowest BCUT2D eigenvalue weighted by atomic mass is 10.3. The molecule has 0 bridgehead atoms. The van der Waals surface area contributed by atoms with E-state index in [9.17, 15) is 9.59 Å². The summed E-state index contributed by atoms with van der Waals surface area (Å²) >= 11 is 1.51. The summed E-state index contributed by atoms with van der Waals surface area (Å²) < 4.78 is 3.14. The van der Waals surface area contributed by atoms with Gasteiger partial charge in [-0.3, -0.25) is 14.2 Å². The highest BCUT2D eigenvalue weighted by atomic mass is 32.1. The molecule has 0 spiro atoms. The summed E-state index contributed by atoms with van der Waals surface area (Å²) in [5.41, 5.74) is 2.92. The van der Waals surface area contributed by atoms with Crippen molar-refractivity contribution in [3.05, 3.63) is 69.3 Å². The predicted octanol–water partition coefficient (Wildman–Crippen LogP) is 3.46. The topological polar surface area (TPSA) is 81.8 Å². The number of hydrogen-bond acceptors (Lipinski definition) is 5. The molecule has 3 heterocycles. The Morgan fingerprint density at radius 2 is 1.97 bits per heavy atom. The van der Waals surface area contributed by atoms with Crippen LogP contribution >= 0.6 is 11.3 Å².